The summed E-state index contributed by atoms with van der Waals surface area (Å²) in [5.74, 6) is 1.34. The molecular formula is C22H18N2O2. The van der Waals surface area contributed by atoms with Gasteiger partial charge in [0.15, 0.2) is 0 Å². The highest BCUT2D eigenvalue weighted by atomic mass is 16.5. The highest BCUT2D eigenvalue weighted by Crippen LogP contribution is 2.30. The number of carbonyl (C=O) groups excluding carboxylic acids is 1. The number of ether oxygens (including phenoxy) is 1. The summed E-state index contributed by atoms with van der Waals surface area (Å²) in [4.78, 5) is 16.8. The van der Waals surface area contributed by atoms with Crippen LogP contribution in [0.2, 0.25) is 0 Å². The van der Waals surface area contributed by atoms with Crippen molar-refractivity contribution in [3.63, 3.8) is 0 Å². The first-order valence-electron chi connectivity index (χ1n) is 8.45. The van der Waals surface area contributed by atoms with Crippen LogP contribution >= 0.6 is 0 Å². The topological polar surface area (TPSA) is 50.7 Å². The van der Waals surface area contributed by atoms with Crippen molar-refractivity contribution in [3.05, 3.63) is 83.4 Å². The predicted molar refractivity (Wildman–Crippen MR) is 104 cm³/mol. The molecule has 0 saturated carbocycles. The van der Waals surface area contributed by atoms with E-state index in [0.717, 1.165) is 28.3 Å². The highest BCUT2D eigenvalue weighted by Gasteiger charge is 2.26. The highest BCUT2D eigenvalue weighted by molar-refractivity contribution is 6.54. The summed E-state index contributed by atoms with van der Waals surface area (Å²) in [7, 11) is 0. The molecule has 1 amide bonds. The van der Waals surface area contributed by atoms with Crippen LogP contribution in [0.4, 0.5) is 11.4 Å². The number of nitrogens with zero attached hydrogens (tertiary/aromatic N) is 1. The second kappa shape index (κ2) is 6.48. The molecule has 4 nitrogen and oxygen atoms in total. The van der Waals surface area contributed by atoms with E-state index in [2.05, 4.69) is 10.3 Å². The standard InChI is InChI=1S/C22H18N2O2/c1-14-6-10-17(11-7-14)26-18-12-8-16(9-13-18)23-21-19-5-3-4-15(2)20(19)24-22(21)25/h3-13H,1-2H3,(H,23,24,25). The van der Waals surface area contributed by atoms with Crippen molar-refractivity contribution in [1.82, 2.24) is 0 Å². The zero-order chi connectivity index (χ0) is 18.1. The predicted octanol–water partition coefficient (Wildman–Crippen LogP) is 5.17. The molecule has 0 aromatic heterocycles. The minimum Gasteiger partial charge on any atom is -0.457 e. The Labute approximate surface area is 152 Å². The number of rotatable bonds is 3. The second-order valence-electron chi connectivity index (χ2n) is 6.32. The fourth-order valence-electron chi connectivity index (χ4n) is 2.90. The van der Waals surface area contributed by atoms with Gasteiger partial charge in [-0.25, -0.2) is 4.99 Å². The molecular weight excluding hydrogens is 324 g/mol. The van der Waals surface area contributed by atoms with Crippen LogP contribution in [0.3, 0.4) is 0 Å². The van der Waals surface area contributed by atoms with Crippen LogP contribution in [0.5, 0.6) is 11.5 Å². The molecule has 1 aliphatic heterocycles. The van der Waals surface area contributed by atoms with Crippen LogP contribution in [-0.2, 0) is 4.79 Å². The van der Waals surface area contributed by atoms with E-state index in [0.29, 0.717) is 11.4 Å². The zero-order valence-corrected chi connectivity index (χ0v) is 14.6. The number of hydrogen-bond acceptors (Lipinski definition) is 3. The van der Waals surface area contributed by atoms with Gasteiger partial charge in [0.05, 0.1) is 11.4 Å². The van der Waals surface area contributed by atoms with E-state index in [1.807, 2.05) is 80.6 Å². The lowest BCUT2D eigenvalue weighted by atomic mass is 10.1. The smallest absolute Gasteiger partial charge is 0.275 e. The fourth-order valence-corrected chi connectivity index (χ4v) is 2.90. The lowest BCUT2D eigenvalue weighted by Gasteiger charge is -2.06. The number of amides is 1. The number of nitrogens with one attached hydrogen (secondary N) is 1. The molecule has 0 aliphatic carbocycles. The van der Waals surface area contributed by atoms with Crippen molar-refractivity contribution in [2.75, 3.05) is 5.32 Å². The average molecular weight is 342 g/mol. The number of aryl methyl sites for hydroxylation is 2. The van der Waals surface area contributed by atoms with E-state index in [1.54, 1.807) is 0 Å². The van der Waals surface area contributed by atoms with Crippen LogP contribution < -0.4 is 10.1 Å². The molecule has 1 aliphatic rings. The molecule has 4 heteroatoms. The molecule has 0 saturated heterocycles. The molecule has 0 spiro atoms. The largest absolute Gasteiger partial charge is 0.457 e. The molecule has 4 rings (SSSR count). The minimum atomic E-state index is -0.172. The molecule has 3 aromatic rings. The Hall–Kier alpha value is -3.40. The Morgan fingerprint density at radius 2 is 1.50 bits per heavy atom. The van der Waals surface area contributed by atoms with Gasteiger partial charge in [0.2, 0.25) is 0 Å². The molecule has 26 heavy (non-hydrogen) atoms. The Kier molecular flexibility index (Phi) is 4.01. The summed E-state index contributed by atoms with van der Waals surface area (Å²) >= 11 is 0. The van der Waals surface area contributed by atoms with Gasteiger partial charge in [0, 0.05) is 5.56 Å². The maximum atomic E-state index is 12.3. The number of anilines is 1. The lowest BCUT2D eigenvalue weighted by Crippen LogP contribution is -2.13. The molecule has 128 valence electrons. The van der Waals surface area contributed by atoms with E-state index >= 15 is 0 Å². The molecule has 0 atom stereocenters. The van der Waals surface area contributed by atoms with Crippen molar-refractivity contribution in [1.29, 1.82) is 0 Å². The summed E-state index contributed by atoms with van der Waals surface area (Å²) in [6.45, 7) is 4.01. The fraction of sp³-hybridized carbons (Fsp3) is 0.0909. The summed E-state index contributed by atoms with van der Waals surface area (Å²) in [6, 6.07) is 21.1. The van der Waals surface area contributed by atoms with Crippen LogP contribution in [0, 0.1) is 13.8 Å². The first kappa shape index (κ1) is 16.1. The summed E-state index contributed by atoms with van der Waals surface area (Å²) in [6.07, 6.45) is 0. The Morgan fingerprint density at radius 3 is 2.19 bits per heavy atom. The van der Waals surface area contributed by atoms with E-state index in [1.165, 1.54) is 5.56 Å². The van der Waals surface area contributed by atoms with Crippen molar-refractivity contribution in [2.24, 2.45) is 4.99 Å². The number of para-hydroxylation sites is 1. The van der Waals surface area contributed by atoms with Crippen molar-refractivity contribution >= 4 is 23.0 Å². The number of fused-ring (bicyclic) bond motifs is 1. The number of aliphatic imine (C=N–C) groups is 1. The maximum absolute atomic E-state index is 12.3. The molecule has 1 heterocycles. The van der Waals surface area contributed by atoms with Gasteiger partial charge in [-0.05, 0) is 55.8 Å². The van der Waals surface area contributed by atoms with Crippen molar-refractivity contribution in [3.8, 4) is 11.5 Å². The first-order chi connectivity index (χ1) is 12.6. The lowest BCUT2D eigenvalue weighted by molar-refractivity contribution is -0.110. The maximum Gasteiger partial charge on any atom is 0.275 e. The van der Waals surface area contributed by atoms with E-state index < -0.39 is 0 Å². The zero-order valence-electron chi connectivity index (χ0n) is 14.6. The second-order valence-corrected chi connectivity index (χ2v) is 6.32. The summed E-state index contributed by atoms with van der Waals surface area (Å²) in [5, 5.41) is 2.89. The van der Waals surface area contributed by atoms with Gasteiger partial charge in [-0.1, -0.05) is 35.9 Å². The van der Waals surface area contributed by atoms with Crippen molar-refractivity contribution in [2.45, 2.75) is 13.8 Å². The van der Waals surface area contributed by atoms with Gasteiger partial charge < -0.3 is 10.1 Å². The Balaban J connectivity index is 1.58. The van der Waals surface area contributed by atoms with Crippen LogP contribution in [-0.4, -0.2) is 11.6 Å². The number of hydrogen-bond donors (Lipinski definition) is 1. The van der Waals surface area contributed by atoms with Gasteiger partial charge in [-0.2, -0.15) is 0 Å². The average Bonchev–Trinajstić information content (AvgIpc) is 2.96. The third kappa shape index (κ3) is 3.09. The normalized spacial score (nSPS) is 14.2. The van der Waals surface area contributed by atoms with Crippen molar-refractivity contribution < 1.29 is 9.53 Å². The van der Waals surface area contributed by atoms with Crippen LogP contribution in [0.25, 0.3) is 0 Å². The molecule has 0 fully saturated rings. The van der Waals surface area contributed by atoms with Gasteiger partial charge in [-0.3, -0.25) is 4.79 Å². The van der Waals surface area contributed by atoms with Crippen LogP contribution in [0.15, 0.2) is 71.7 Å². The molecule has 3 aromatic carbocycles. The Morgan fingerprint density at radius 1 is 0.846 bits per heavy atom. The summed E-state index contributed by atoms with van der Waals surface area (Å²) < 4.78 is 5.82. The van der Waals surface area contributed by atoms with Gasteiger partial charge in [0.1, 0.15) is 17.2 Å². The van der Waals surface area contributed by atoms with Crippen LogP contribution in [0.1, 0.15) is 16.7 Å². The molecule has 0 unspecified atom stereocenters. The number of benzene rings is 3. The van der Waals surface area contributed by atoms with E-state index in [9.17, 15) is 4.79 Å². The third-order valence-electron chi connectivity index (χ3n) is 4.32. The third-order valence-corrected chi connectivity index (χ3v) is 4.32. The van der Waals surface area contributed by atoms with Gasteiger partial charge in [0.25, 0.3) is 5.91 Å². The SMILES string of the molecule is Cc1ccc(Oc2ccc(N=C3C(=O)Nc4c(C)cccc43)cc2)cc1. The molecule has 0 radical (unpaired) electrons. The van der Waals surface area contributed by atoms with Gasteiger partial charge in [-0.15, -0.1) is 0 Å². The molecule has 1 N–H and O–H groups in total. The van der Waals surface area contributed by atoms with E-state index in [-0.39, 0.29) is 5.91 Å². The van der Waals surface area contributed by atoms with Gasteiger partial charge >= 0.3 is 0 Å². The first-order valence-corrected chi connectivity index (χ1v) is 8.45. The van der Waals surface area contributed by atoms with E-state index in [4.69, 9.17) is 4.74 Å². The Bertz CT molecular complexity index is 1000. The number of carbonyl (C=O) groups is 1. The molecule has 0 bridgehead atoms. The monoisotopic (exact) mass is 342 g/mol. The summed E-state index contributed by atoms with van der Waals surface area (Å²) in [5.41, 5.74) is 5.05. The quantitative estimate of drug-likeness (QED) is 0.714. The minimum absolute atomic E-state index is 0.172.